The van der Waals surface area contributed by atoms with Crippen LogP contribution in [0, 0.1) is 5.92 Å². The van der Waals surface area contributed by atoms with Crippen molar-refractivity contribution in [3.63, 3.8) is 0 Å². The van der Waals surface area contributed by atoms with Gasteiger partial charge < -0.3 is 10.1 Å². The lowest BCUT2D eigenvalue weighted by molar-refractivity contribution is -0.151. The van der Waals surface area contributed by atoms with Crippen LogP contribution < -0.4 is 10.0 Å². The molecule has 2 rings (SSSR count). The lowest BCUT2D eigenvalue weighted by Gasteiger charge is -2.22. The SMILES string of the molecule is CC(=O)Cc1ccc(Cl)c(S(=O)(=O)NCCN[C@@H](CC(C)C)C(=O)OC2CCCC2)c1. The molecule has 1 aliphatic rings. The fourth-order valence-corrected chi connectivity index (χ4v) is 5.23. The standard InChI is InChI=1S/C22H33ClN2O5S/c1-15(2)12-20(22(27)30-18-6-4-5-7-18)24-10-11-25-31(28,29)21-14-17(13-16(3)26)8-9-19(21)23/h8-9,14-15,18,20,24-25H,4-7,10-13H2,1-3H3/t20-/m0/s1. The van der Waals surface area contributed by atoms with Crippen LogP contribution in [0.4, 0.5) is 0 Å². The molecule has 0 amide bonds. The van der Waals surface area contributed by atoms with E-state index in [1.165, 1.54) is 19.1 Å². The van der Waals surface area contributed by atoms with Crippen LogP contribution in [0.25, 0.3) is 0 Å². The Morgan fingerprint density at radius 3 is 2.48 bits per heavy atom. The molecule has 0 aromatic heterocycles. The minimum Gasteiger partial charge on any atom is -0.461 e. The van der Waals surface area contributed by atoms with E-state index in [1.807, 2.05) is 13.8 Å². The molecule has 1 aromatic rings. The highest BCUT2D eigenvalue weighted by molar-refractivity contribution is 7.89. The number of carbonyl (C=O) groups is 2. The zero-order valence-electron chi connectivity index (χ0n) is 18.4. The van der Waals surface area contributed by atoms with E-state index in [9.17, 15) is 18.0 Å². The Morgan fingerprint density at radius 1 is 1.19 bits per heavy atom. The fraction of sp³-hybridized carbons (Fsp3) is 0.636. The van der Waals surface area contributed by atoms with E-state index in [2.05, 4.69) is 10.0 Å². The Morgan fingerprint density at radius 2 is 1.87 bits per heavy atom. The zero-order chi connectivity index (χ0) is 23.0. The minimum absolute atomic E-state index is 0.00751. The minimum atomic E-state index is -3.86. The summed E-state index contributed by atoms with van der Waals surface area (Å²) in [5.74, 6) is -0.0555. The summed E-state index contributed by atoms with van der Waals surface area (Å²) in [5, 5.41) is 3.21. The Labute approximate surface area is 190 Å². The van der Waals surface area contributed by atoms with Gasteiger partial charge in [0.05, 0.1) is 5.02 Å². The molecule has 9 heteroatoms. The van der Waals surface area contributed by atoms with Gasteiger partial charge in [0.1, 0.15) is 22.8 Å². The topological polar surface area (TPSA) is 102 Å². The van der Waals surface area contributed by atoms with Crippen molar-refractivity contribution in [3.05, 3.63) is 28.8 Å². The summed E-state index contributed by atoms with van der Waals surface area (Å²) in [4.78, 5) is 23.8. The smallest absolute Gasteiger partial charge is 0.323 e. The van der Waals surface area contributed by atoms with Gasteiger partial charge in [-0.05, 0) is 62.6 Å². The molecule has 0 heterocycles. The van der Waals surface area contributed by atoms with Crippen molar-refractivity contribution in [1.29, 1.82) is 0 Å². The first-order valence-corrected chi connectivity index (χ1v) is 12.7. The van der Waals surface area contributed by atoms with Gasteiger partial charge in [-0.1, -0.05) is 31.5 Å². The highest BCUT2D eigenvalue weighted by Crippen LogP contribution is 2.23. The summed E-state index contributed by atoms with van der Waals surface area (Å²) in [7, 11) is -3.86. The van der Waals surface area contributed by atoms with E-state index in [4.69, 9.17) is 16.3 Å². The largest absolute Gasteiger partial charge is 0.461 e. The summed E-state index contributed by atoms with van der Waals surface area (Å²) in [5.41, 5.74) is 0.585. The van der Waals surface area contributed by atoms with Crippen LogP contribution in [0.1, 0.15) is 58.4 Å². The van der Waals surface area contributed by atoms with Gasteiger partial charge in [-0.2, -0.15) is 0 Å². The second-order valence-electron chi connectivity index (χ2n) is 8.52. The van der Waals surface area contributed by atoms with Gasteiger partial charge in [0.15, 0.2) is 0 Å². The first-order valence-electron chi connectivity index (χ1n) is 10.8. The number of hydrogen-bond acceptors (Lipinski definition) is 6. The van der Waals surface area contributed by atoms with E-state index in [-0.39, 0.29) is 53.2 Å². The molecule has 1 atom stereocenters. The molecule has 0 radical (unpaired) electrons. The van der Waals surface area contributed by atoms with Crippen molar-refractivity contribution < 1.29 is 22.7 Å². The van der Waals surface area contributed by atoms with Gasteiger partial charge >= 0.3 is 5.97 Å². The molecule has 0 bridgehead atoms. The summed E-state index contributed by atoms with van der Waals surface area (Å²) >= 11 is 6.08. The molecule has 2 N–H and O–H groups in total. The number of hydrogen-bond donors (Lipinski definition) is 2. The van der Waals surface area contributed by atoms with Gasteiger partial charge in [0.2, 0.25) is 10.0 Å². The predicted octanol–water partition coefficient (Wildman–Crippen LogP) is 3.24. The van der Waals surface area contributed by atoms with Gasteiger partial charge in [-0.15, -0.1) is 0 Å². The van der Waals surface area contributed by atoms with Crippen LogP contribution in [0.15, 0.2) is 23.1 Å². The first kappa shape index (κ1) is 25.8. The lowest BCUT2D eigenvalue weighted by atomic mass is 10.0. The third kappa shape index (κ3) is 8.52. The molecule has 0 aliphatic heterocycles. The van der Waals surface area contributed by atoms with E-state index in [0.717, 1.165) is 25.7 Å². The number of benzene rings is 1. The fourth-order valence-electron chi connectivity index (χ4n) is 3.65. The summed E-state index contributed by atoms with van der Waals surface area (Å²) in [6.45, 7) is 5.84. The maximum Gasteiger partial charge on any atom is 0.323 e. The second kappa shape index (κ2) is 11.9. The number of halogens is 1. The van der Waals surface area contributed by atoms with Crippen molar-refractivity contribution in [1.82, 2.24) is 10.0 Å². The number of carbonyl (C=O) groups excluding carboxylic acids is 2. The Balaban J connectivity index is 1.93. The quantitative estimate of drug-likeness (QED) is 0.357. The molecule has 31 heavy (non-hydrogen) atoms. The number of esters is 1. The highest BCUT2D eigenvalue weighted by atomic mass is 35.5. The molecule has 0 spiro atoms. The van der Waals surface area contributed by atoms with E-state index in [0.29, 0.717) is 12.0 Å². The lowest BCUT2D eigenvalue weighted by Crippen LogP contribution is -2.43. The highest BCUT2D eigenvalue weighted by Gasteiger charge is 2.26. The molecule has 1 aliphatic carbocycles. The number of ether oxygens (including phenoxy) is 1. The van der Waals surface area contributed by atoms with Crippen molar-refractivity contribution in [3.8, 4) is 0 Å². The van der Waals surface area contributed by atoms with Crippen LogP contribution in [0.3, 0.4) is 0 Å². The molecular formula is C22H33ClN2O5S. The van der Waals surface area contributed by atoms with E-state index < -0.39 is 16.1 Å². The summed E-state index contributed by atoms with van der Waals surface area (Å²) in [6.07, 6.45) is 4.72. The van der Waals surface area contributed by atoms with Crippen LogP contribution in [-0.4, -0.2) is 45.4 Å². The molecule has 1 fully saturated rings. The third-order valence-corrected chi connectivity index (χ3v) is 7.07. The summed E-state index contributed by atoms with van der Waals surface area (Å²) in [6, 6.07) is 4.05. The van der Waals surface area contributed by atoms with Crippen molar-refractivity contribution >= 4 is 33.4 Å². The van der Waals surface area contributed by atoms with Crippen LogP contribution in [0.2, 0.25) is 5.02 Å². The molecule has 1 saturated carbocycles. The molecule has 174 valence electrons. The zero-order valence-corrected chi connectivity index (χ0v) is 20.0. The summed E-state index contributed by atoms with van der Waals surface area (Å²) < 4.78 is 33.5. The van der Waals surface area contributed by atoms with Gasteiger partial charge in [0, 0.05) is 19.5 Å². The van der Waals surface area contributed by atoms with Gasteiger partial charge in [-0.25, -0.2) is 13.1 Å². The Hall–Kier alpha value is -1.48. The van der Waals surface area contributed by atoms with E-state index in [1.54, 1.807) is 6.07 Å². The number of rotatable bonds is 12. The maximum absolute atomic E-state index is 12.7. The average Bonchev–Trinajstić information content (AvgIpc) is 3.18. The predicted molar refractivity (Wildman–Crippen MR) is 121 cm³/mol. The Kier molecular flexibility index (Phi) is 9.93. The van der Waals surface area contributed by atoms with Crippen LogP contribution in [0.5, 0.6) is 0 Å². The van der Waals surface area contributed by atoms with Crippen molar-refractivity contribution in [2.75, 3.05) is 13.1 Å². The molecule has 1 aromatic carbocycles. The van der Waals surface area contributed by atoms with Gasteiger partial charge in [0.25, 0.3) is 0 Å². The average molecular weight is 473 g/mol. The molecular weight excluding hydrogens is 440 g/mol. The van der Waals surface area contributed by atoms with Gasteiger partial charge in [-0.3, -0.25) is 9.59 Å². The molecule has 0 saturated heterocycles. The maximum atomic E-state index is 12.7. The van der Waals surface area contributed by atoms with Crippen LogP contribution in [-0.2, 0) is 30.8 Å². The first-order chi connectivity index (χ1) is 14.6. The second-order valence-corrected chi connectivity index (χ2v) is 10.7. The van der Waals surface area contributed by atoms with Crippen LogP contribution >= 0.6 is 11.6 Å². The molecule has 0 unspecified atom stereocenters. The number of nitrogens with one attached hydrogen (secondary N) is 2. The van der Waals surface area contributed by atoms with Crippen molar-refractivity contribution in [2.24, 2.45) is 5.92 Å². The normalized spacial score (nSPS) is 15.9. The number of Topliss-reactive ketones (excluding diaryl/α,β-unsaturated/α-hetero) is 1. The Bertz CT molecular complexity index is 867. The number of sulfonamides is 1. The monoisotopic (exact) mass is 472 g/mol. The number of ketones is 1. The van der Waals surface area contributed by atoms with E-state index >= 15 is 0 Å². The van der Waals surface area contributed by atoms with Crippen molar-refractivity contribution in [2.45, 2.75) is 76.3 Å². The molecule has 7 nitrogen and oxygen atoms in total. The third-order valence-electron chi connectivity index (χ3n) is 5.12.